The van der Waals surface area contributed by atoms with Crippen LogP contribution in [0.4, 0.5) is 0 Å². The first kappa shape index (κ1) is 18.6. The molecular formula is C25H27NO3. The number of hydrogen-bond donors (Lipinski definition) is 2. The number of carbonyl (C=O) groups is 2. The molecule has 150 valence electrons. The lowest BCUT2D eigenvalue weighted by Gasteiger charge is -2.58. The zero-order valence-corrected chi connectivity index (χ0v) is 16.7. The zero-order chi connectivity index (χ0) is 20.2. The predicted octanol–water partition coefficient (Wildman–Crippen LogP) is 3.90. The van der Waals surface area contributed by atoms with E-state index in [9.17, 15) is 14.7 Å². The number of aliphatic hydroxyl groups is 1. The number of rotatable bonds is 4. The molecule has 0 spiro atoms. The Morgan fingerprint density at radius 2 is 1.59 bits per heavy atom. The number of carbonyl (C=O) groups excluding carboxylic acids is 2. The molecule has 0 aromatic heterocycles. The van der Waals surface area contributed by atoms with Crippen LogP contribution >= 0.6 is 0 Å². The molecule has 4 aliphatic carbocycles. The van der Waals surface area contributed by atoms with Gasteiger partial charge in [0.2, 0.25) is 0 Å². The Kier molecular flexibility index (Phi) is 4.36. The fourth-order valence-corrected chi connectivity index (χ4v) is 6.32. The largest absolute Gasteiger partial charge is 0.390 e. The third kappa shape index (κ3) is 3.20. The van der Waals surface area contributed by atoms with Crippen molar-refractivity contribution in [1.82, 2.24) is 5.32 Å². The van der Waals surface area contributed by atoms with Gasteiger partial charge in [-0.2, -0.15) is 0 Å². The number of nitrogens with one attached hydrogen (secondary N) is 1. The van der Waals surface area contributed by atoms with Crippen LogP contribution in [0.15, 0.2) is 48.5 Å². The SMILES string of the molecule is Cc1c(C(=O)NC2C3CC4CC2CC(O)(C4)C3)cccc1C(=O)c1ccccc1. The van der Waals surface area contributed by atoms with Crippen LogP contribution in [-0.4, -0.2) is 28.4 Å². The summed E-state index contributed by atoms with van der Waals surface area (Å²) in [6, 6.07) is 14.7. The zero-order valence-electron chi connectivity index (χ0n) is 16.7. The molecular weight excluding hydrogens is 362 g/mol. The Morgan fingerprint density at radius 3 is 2.24 bits per heavy atom. The van der Waals surface area contributed by atoms with E-state index in [2.05, 4.69) is 5.32 Å². The van der Waals surface area contributed by atoms with E-state index >= 15 is 0 Å². The van der Waals surface area contributed by atoms with E-state index in [-0.39, 0.29) is 17.7 Å². The van der Waals surface area contributed by atoms with E-state index in [1.165, 1.54) is 0 Å². The van der Waals surface area contributed by atoms with Gasteiger partial charge in [-0.15, -0.1) is 0 Å². The van der Waals surface area contributed by atoms with Gasteiger partial charge in [-0.25, -0.2) is 0 Å². The molecule has 1 amide bonds. The summed E-state index contributed by atoms with van der Waals surface area (Å²) in [6.07, 6.45) is 4.75. The molecule has 0 saturated heterocycles. The summed E-state index contributed by atoms with van der Waals surface area (Å²) < 4.78 is 0. The summed E-state index contributed by atoms with van der Waals surface area (Å²) in [7, 11) is 0. The highest BCUT2D eigenvalue weighted by atomic mass is 16.3. The van der Waals surface area contributed by atoms with Crippen LogP contribution < -0.4 is 5.32 Å². The van der Waals surface area contributed by atoms with E-state index < -0.39 is 5.60 Å². The molecule has 2 aromatic rings. The van der Waals surface area contributed by atoms with Crippen molar-refractivity contribution in [1.29, 1.82) is 0 Å². The van der Waals surface area contributed by atoms with Gasteiger partial charge < -0.3 is 10.4 Å². The predicted molar refractivity (Wildman–Crippen MR) is 111 cm³/mol. The van der Waals surface area contributed by atoms with E-state index in [1.54, 1.807) is 30.3 Å². The Morgan fingerprint density at radius 1 is 0.931 bits per heavy atom. The van der Waals surface area contributed by atoms with Gasteiger partial charge in [-0.3, -0.25) is 9.59 Å². The van der Waals surface area contributed by atoms with Gasteiger partial charge in [0.05, 0.1) is 5.60 Å². The average Bonchev–Trinajstić information content (AvgIpc) is 2.69. The molecule has 2 N–H and O–H groups in total. The summed E-state index contributed by atoms with van der Waals surface area (Å²) in [4.78, 5) is 26.1. The quantitative estimate of drug-likeness (QED) is 0.780. The minimum Gasteiger partial charge on any atom is -0.390 e. The smallest absolute Gasteiger partial charge is 0.251 e. The molecule has 0 radical (unpaired) electrons. The van der Waals surface area contributed by atoms with Crippen molar-refractivity contribution >= 4 is 11.7 Å². The molecule has 2 unspecified atom stereocenters. The summed E-state index contributed by atoms with van der Waals surface area (Å²) >= 11 is 0. The maximum atomic E-state index is 13.2. The second kappa shape index (κ2) is 6.81. The van der Waals surface area contributed by atoms with Crippen LogP contribution in [0.1, 0.15) is 63.9 Å². The number of ketones is 1. The molecule has 0 heterocycles. The first-order valence-electron chi connectivity index (χ1n) is 10.7. The summed E-state index contributed by atoms with van der Waals surface area (Å²) in [5.74, 6) is 1.18. The lowest BCUT2D eigenvalue weighted by Crippen LogP contribution is -2.61. The maximum Gasteiger partial charge on any atom is 0.251 e. The fourth-order valence-electron chi connectivity index (χ4n) is 6.32. The first-order valence-corrected chi connectivity index (χ1v) is 10.7. The highest BCUT2D eigenvalue weighted by Crippen LogP contribution is 2.55. The minimum absolute atomic E-state index is 0.0606. The first-order chi connectivity index (χ1) is 13.9. The molecule has 29 heavy (non-hydrogen) atoms. The Balaban J connectivity index is 1.38. The average molecular weight is 389 g/mol. The normalized spacial score (nSPS) is 32.2. The molecule has 4 fully saturated rings. The molecule has 4 aliphatic rings. The Bertz CT molecular complexity index is 951. The molecule has 4 heteroatoms. The Hall–Kier alpha value is -2.46. The monoisotopic (exact) mass is 389 g/mol. The standard InChI is InChI=1S/C25H27NO3/c1-15-20(23(27)17-6-3-2-4-7-17)8-5-9-21(15)24(28)26-22-18-10-16-11-19(22)14-25(29,12-16)13-18/h2-9,16,18-19,22,29H,10-14H2,1H3,(H,26,28). The molecule has 4 nitrogen and oxygen atoms in total. The second-order valence-electron chi connectivity index (χ2n) is 9.37. The summed E-state index contributed by atoms with van der Waals surface area (Å²) in [5.41, 5.74) is 1.99. The summed E-state index contributed by atoms with van der Waals surface area (Å²) in [6.45, 7) is 1.85. The van der Waals surface area contributed by atoms with Gasteiger partial charge in [0, 0.05) is 22.7 Å². The van der Waals surface area contributed by atoms with E-state index in [1.807, 2.05) is 25.1 Å². The van der Waals surface area contributed by atoms with E-state index in [4.69, 9.17) is 0 Å². The lowest BCUT2D eigenvalue weighted by molar-refractivity contribution is -0.136. The van der Waals surface area contributed by atoms with Crippen molar-refractivity contribution in [2.24, 2.45) is 17.8 Å². The highest BCUT2D eigenvalue weighted by Gasteiger charge is 2.55. The maximum absolute atomic E-state index is 13.2. The number of benzene rings is 2. The molecule has 6 rings (SSSR count). The van der Waals surface area contributed by atoms with Crippen molar-refractivity contribution in [2.45, 2.75) is 50.7 Å². The Labute approximate surface area is 171 Å². The van der Waals surface area contributed by atoms with Gasteiger partial charge >= 0.3 is 0 Å². The van der Waals surface area contributed by atoms with Crippen LogP contribution in [0.2, 0.25) is 0 Å². The highest BCUT2D eigenvalue weighted by molar-refractivity contribution is 6.11. The van der Waals surface area contributed by atoms with Gasteiger partial charge in [0.15, 0.2) is 5.78 Å². The van der Waals surface area contributed by atoms with Gasteiger partial charge in [0.25, 0.3) is 5.91 Å². The topological polar surface area (TPSA) is 66.4 Å². The number of amides is 1. The van der Waals surface area contributed by atoms with Crippen LogP contribution in [-0.2, 0) is 0 Å². The molecule has 2 atom stereocenters. The second-order valence-corrected chi connectivity index (χ2v) is 9.37. The molecule has 2 aromatic carbocycles. The minimum atomic E-state index is -0.504. The lowest BCUT2D eigenvalue weighted by atomic mass is 9.52. The van der Waals surface area contributed by atoms with E-state index in [0.717, 1.165) is 37.7 Å². The van der Waals surface area contributed by atoms with Gasteiger partial charge in [-0.1, -0.05) is 42.5 Å². The van der Waals surface area contributed by atoms with E-state index in [0.29, 0.717) is 34.4 Å². The van der Waals surface area contributed by atoms with Crippen LogP contribution in [0.5, 0.6) is 0 Å². The summed E-state index contributed by atoms with van der Waals surface area (Å²) in [5, 5.41) is 14.1. The number of hydrogen-bond acceptors (Lipinski definition) is 3. The third-order valence-corrected chi connectivity index (χ3v) is 7.40. The van der Waals surface area contributed by atoms with Gasteiger partial charge in [-0.05, 0) is 68.4 Å². The fraction of sp³-hybridized carbons (Fsp3) is 0.440. The van der Waals surface area contributed by atoms with Crippen molar-refractivity contribution in [3.63, 3.8) is 0 Å². The van der Waals surface area contributed by atoms with Crippen molar-refractivity contribution < 1.29 is 14.7 Å². The van der Waals surface area contributed by atoms with Crippen molar-refractivity contribution in [2.75, 3.05) is 0 Å². The molecule has 4 saturated carbocycles. The van der Waals surface area contributed by atoms with Crippen LogP contribution in [0.25, 0.3) is 0 Å². The van der Waals surface area contributed by atoms with Crippen LogP contribution in [0, 0.1) is 24.7 Å². The molecule has 0 aliphatic heterocycles. The van der Waals surface area contributed by atoms with Crippen LogP contribution in [0.3, 0.4) is 0 Å². The third-order valence-electron chi connectivity index (χ3n) is 7.40. The van der Waals surface area contributed by atoms with Gasteiger partial charge in [0.1, 0.15) is 0 Å². The van der Waals surface area contributed by atoms with Crippen molar-refractivity contribution in [3.05, 3.63) is 70.8 Å². The van der Waals surface area contributed by atoms with Crippen molar-refractivity contribution in [3.8, 4) is 0 Å². The molecule has 4 bridgehead atoms.